The molecule has 0 fully saturated rings. The SMILES string of the molecule is N#Cc1cccc(-c2cc(-n3c4cc(-c5ccccc5C#N)ccc4c4ccc(-c5ccccc5C#N)cc43)c(C(F)(F)F)cc2-n2c3cc(-c4ccccc4C#N)ccc3c3ccc(-c4ccccc4C#N)cc32)c1. The number of rotatable bonds is 7. The van der Waals surface area contributed by atoms with Crippen LogP contribution in [0.25, 0.3) is 111 Å². The zero-order chi connectivity index (χ0) is 52.2. The summed E-state index contributed by atoms with van der Waals surface area (Å²) in [4.78, 5) is 0. The molecule has 0 atom stereocenters. The van der Waals surface area contributed by atoms with Gasteiger partial charge in [0.05, 0.1) is 97.2 Å². The van der Waals surface area contributed by atoms with Crippen LogP contribution in [0, 0.1) is 56.7 Å². The van der Waals surface area contributed by atoms with E-state index < -0.39 is 11.7 Å². The van der Waals surface area contributed by atoms with Crippen molar-refractivity contribution in [3.05, 3.63) is 240 Å². The molecule has 0 unspecified atom stereocenters. The second-order valence-electron chi connectivity index (χ2n) is 18.3. The molecule has 354 valence electrons. The molecule has 0 N–H and O–H groups in total. The Morgan fingerprint density at radius 2 is 0.645 bits per heavy atom. The lowest BCUT2D eigenvalue weighted by Crippen LogP contribution is -2.13. The molecule has 7 nitrogen and oxygen atoms in total. The quantitative estimate of drug-likeness (QED) is 0.157. The number of hydrogen-bond acceptors (Lipinski definition) is 5. The highest BCUT2D eigenvalue weighted by atomic mass is 19.4. The maximum atomic E-state index is 16.8. The van der Waals surface area contributed by atoms with Crippen molar-refractivity contribution >= 4 is 43.6 Å². The molecule has 2 heterocycles. The van der Waals surface area contributed by atoms with Gasteiger partial charge < -0.3 is 9.13 Å². The maximum absolute atomic E-state index is 16.8. The number of nitriles is 5. The predicted molar refractivity (Wildman–Crippen MR) is 291 cm³/mol. The zero-order valence-corrected chi connectivity index (χ0v) is 39.9. The number of fused-ring (bicyclic) bond motifs is 6. The van der Waals surface area contributed by atoms with Crippen molar-refractivity contribution in [2.75, 3.05) is 0 Å². The topological polar surface area (TPSA) is 129 Å². The Labute approximate surface area is 433 Å². The molecule has 12 rings (SSSR count). The molecular weight excluding hydrogens is 948 g/mol. The average molecular weight is 982 g/mol. The fraction of sp³-hybridized carbons (Fsp3) is 0.0152. The summed E-state index contributed by atoms with van der Waals surface area (Å²) in [5.41, 5.74) is 8.69. The van der Waals surface area contributed by atoms with Gasteiger partial charge in [0.15, 0.2) is 0 Å². The molecule has 10 aromatic carbocycles. The molecule has 10 heteroatoms. The lowest BCUT2D eigenvalue weighted by molar-refractivity contribution is -0.137. The van der Waals surface area contributed by atoms with Crippen molar-refractivity contribution in [3.63, 3.8) is 0 Å². The minimum atomic E-state index is -4.98. The van der Waals surface area contributed by atoms with Crippen LogP contribution in [0.2, 0.25) is 0 Å². The summed E-state index contributed by atoms with van der Waals surface area (Å²) in [5, 5.41) is 53.9. The van der Waals surface area contributed by atoms with Crippen LogP contribution >= 0.6 is 0 Å². The van der Waals surface area contributed by atoms with Gasteiger partial charge in [-0.15, -0.1) is 0 Å². The number of alkyl halides is 3. The summed E-state index contributed by atoms with van der Waals surface area (Å²) in [6.07, 6.45) is -4.98. The highest BCUT2D eigenvalue weighted by Crippen LogP contribution is 2.47. The number of nitrogens with zero attached hydrogens (tertiary/aromatic N) is 7. The van der Waals surface area contributed by atoms with Gasteiger partial charge in [0.1, 0.15) is 0 Å². The van der Waals surface area contributed by atoms with Crippen molar-refractivity contribution < 1.29 is 13.2 Å². The molecule has 0 saturated carbocycles. The molecule has 0 radical (unpaired) electrons. The van der Waals surface area contributed by atoms with E-state index in [1.54, 1.807) is 95.6 Å². The zero-order valence-electron chi connectivity index (χ0n) is 39.9. The first-order valence-electron chi connectivity index (χ1n) is 24.0. The lowest BCUT2D eigenvalue weighted by atomic mass is 9.96. The van der Waals surface area contributed by atoms with Crippen LogP contribution in [-0.4, -0.2) is 9.13 Å². The van der Waals surface area contributed by atoms with E-state index in [0.717, 1.165) is 10.8 Å². The van der Waals surface area contributed by atoms with Crippen molar-refractivity contribution in [1.82, 2.24) is 9.13 Å². The third kappa shape index (κ3) is 7.57. The molecule has 0 aliphatic carbocycles. The second-order valence-corrected chi connectivity index (χ2v) is 18.3. The summed E-state index contributed by atoms with van der Waals surface area (Å²) in [6.45, 7) is 0. The fourth-order valence-corrected chi connectivity index (χ4v) is 10.7. The average Bonchev–Trinajstić information content (AvgIpc) is 4.03. The molecule has 0 saturated heterocycles. The Bertz CT molecular complexity index is 4420. The fourth-order valence-electron chi connectivity index (χ4n) is 10.7. The van der Waals surface area contributed by atoms with Gasteiger partial charge in [0, 0.05) is 27.1 Å². The maximum Gasteiger partial charge on any atom is 0.418 e. The largest absolute Gasteiger partial charge is 0.418 e. The van der Waals surface area contributed by atoms with E-state index in [1.807, 2.05) is 114 Å². The molecular formula is C66H34F3N7. The van der Waals surface area contributed by atoms with E-state index in [0.29, 0.717) is 111 Å². The number of aromatic nitrogens is 2. The van der Waals surface area contributed by atoms with E-state index >= 15 is 13.2 Å². The highest BCUT2D eigenvalue weighted by Gasteiger charge is 2.37. The molecule has 76 heavy (non-hydrogen) atoms. The molecule has 0 spiro atoms. The Hall–Kier alpha value is -11.0. The van der Waals surface area contributed by atoms with E-state index in [4.69, 9.17) is 0 Å². The van der Waals surface area contributed by atoms with Gasteiger partial charge in [0.2, 0.25) is 0 Å². The van der Waals surface area contributed by atoms with Crippen LogP contribution < -0.4 is 0 Å². The van der Waals surface area contributed by atoms with Crippen molar-refractivity contribution in [3.8, 4) is 97.4 Å². The minimum absolute atomic E-state index is 0.149. The van der Waals surface area contributed by atoms with Gasteiger partial charge in [-0.1, -0.05) is 133 Å². The first-order valence-corrected chi connectivity index (χ1v) is 24.0. The third-order valence-corrected chi connectivity index (χ3v) is 14.2. The van der Waals surface area contributed by atoms with Crippen LogP contribution in [0.4, 0.5) is 13.2 Å². The first kappa shape index (κ1) is 46.1. The smallest absolute Gasteiger partial charge is 0.309 e. The highest BCUT2D eigenvalue weighted by molar-refractivity contribution is 6.13. The van der Waals surface area contributed by atoms with Crippen molar-refractivity contribution in [2.45, 2.75) is 6.18 Å². The second kappa shape index (κ2) is 18.3. The van der Waals surface area contributed by atoms with E-state index in [-0.39, 0.29) is 16.9 Å². The standard InChI is InChI=1S/C66H34F3N7/c67-66(68,69)59-34-64(75-60-29-42(50-16-5-1-11-46(50)36-71)20-24-54(60)55-25-21-43(30-61(55)75)51-17-6-2-12-47(51)37-72)58(41-15-9-10-40(28-41)35-70)33-65(59)76-62-31-44(52-18-7-3-13-48(52)38-73)22-26-56(62)57-27-23-45(32-63(57)76)53-19-8-4-14-49(53)39-74/h1-34H. The van der Waals surface area contributed by atoms with Gasteiger partial charge >= 0.3 is 6.18 Å². The van der Waals surface area contributed by atoms with Crippen molar-refractivity contribution in [1.29, 1.82) is 26.3 Å². The Morgan fingerprint density at radius 3 is 0.987 bits per heavy atom. The van der Waals surface area contributed by atoms with Crippen LogP contribution in [-0.2, 0) is 6.18 Å². The predicted octanol–water partition coefficient (Wildman–Crippen LogP) is 16.6. The van der Waals surface area contributed by atoms with Crippen LogP contribution in [0.5, 0.6) is 0 Å². The summed E-state index contributed by atoms with van der Waals surface area (Å²) in [6, 6.07) is 71.7. The summed E-state index contributed by atoms with van der Waals surface area (Å²) >= 11 is 0. The number of benzene rings is 10. The molecule has 2 aromatic heterocycles. The van der Waals surface area contributed by atoms with Crippen molar-refractivity contribution in [2.24, 2.45) is 0 Å². The van der Waals surface area contributed by atoms with Gasteiger partial charge in [-0.05, 0) is 123 Å². The molecule has 0 aliphatic heterocycles. The molecule has 12 aromatic rings. The Morgan fingerprint density at radius 1 is 0.303 bits per heavy atom. The minimum Gasteiger partial charge on any atom is -0.309 e. The van der Waals surface area contributed by atoms with E-state index in [1.165, 1.54) is 6.07 Å². The number of halogens is 3. The Balaban J connectivity index is 1.25. The van der Waals surface area contributed by atoms with Gasteiger partial charge in [-0.2, -0.15) is 39.5 Å². The normalized spacial score (nSPS) is 11.3. The molecule has 0 amide bonds. The summed E-state index contributed by atoms with van der Waals surface area (Å²) < 4.78 is 53.7. The van der Waals surface area contributed by atoms with Gasteiger partial charge in [0.25, 0.3) is 0 Å². The lowest BCUT2D eigenvalue weighted by Gasteiger charge is -2.22. The molecule has 0 bridgehead atoms. The van der Waals surface area contributed by atoms with Crippen LogP contribution in [0.1, 0.15) is 33.4 Å². The first-order chi connectivity index (χ1) is 37.1. The molecule has 0 aliphatic rings. The third-order valence-electron chi connectivity index (χ3n) is 14.2. The van der Waals surface area contributed by atoms with E-state index in [2.05, 4.69) is 30.3 Å². The van der Waals surface area contributed by atoms with E-state index in [9.17, 15) is 26.3 Å². The summed E-state index contributed by atoms with van der Waals surface area (Å²) in [7, 11) is 0. The summed E-state index contributed by atoms with van der Waals surface area (Å²) in [5.74, 6) is 0. The van der Waals surface area contributed by atoms with Crippen LogP contribution in [0.3, 0.4) is 0 Å². The van der Waals surface area contributed by atoms with Crippen LogP contribution in [0.15, 0.2) is 206 Å². The Kier molecular flexibility index (Phi) is 11.1. The number of hydrogen-bond donors (Lipinski definition) is 0. The monoisotopic (exact) mass is 981 g/mol. The van der Waals surface area contributed by atoms with Gasteiger partial charge in [-0.25, -0.2) is 0 Å². The van der Waals surface area contributed by atoms with Gasteiger partial charge in [-0.3, -0.25) is 0 Å².